The maximum atomic E-state index is 13.5. The second-order valence-electron chi connectivity index (χ2n) is 4.09. The minimum Gasteiger partial charge on any atom is -0.396 e. The third kappa shape index (κ3) is 2.53. The number of rotatable bonds is 3. The summed E-state index contributed by atoms with van der Waals surface area (Å²) in [5.41, 5.74) is 3.82. The normalized spacial score (nSPS) is 10.5. The van der Waals surface area contributed by atoms with Crippen molar-refractivity contribution in [3.8, 4) is 11.1 Å². The first kappa shape index (κ1) is 11.8. The Morgan fingerprint density at radius 3 is 2.59 bits per heavy atom. The van der Waals surface area contributed by atoms with E-state index in [0.717, 1.165) is 16.7 Å². The molecule has 2 heteroatoms. The Balaban J connectivity index is 2.46. The quantitative estimate of drug-likeness (QED) is 0.857. The molecule has 0 bridgehead atoms. The molecule has 0 unspecified atom stereocenters. The van der Waals surface area contributed by atoms with Crippen molar-refractivity contribution in [1.29, 1.82) is 0 Å². The van der Waals surface area contributed by atoms with Crippen molar-refractivity contribution in [2.75, 3.05) is 6.61 Å². The van der Waals surface area contributed by atoms with Gasteiger partial charge in [0.05, 0.1) is 0 Å². The van der Waals surface area contributed by atoms with Crippen LogP contribution in [0.3, 0.4) is 0 Å². The highest BCUT2D eigenvalue weighted by molar-refractivity contribution is 5.67. The summed E-state index contributed by atoms with van der Waals surface area (Å²) in [5, 5.41) is 8.89. The van der Waals surface area contributed by atoms with Gasteiger partial charge in [0.1, 0.15) is 5.82 Å². The van der Waals surface area contributed by atoms with E-state index in [2.05, 4.69) is 0 Å². The van der Waals surface area contributed by atoms with Gasteiger partial charge in [-0.2, -0.15) is 0 Å². The van der Waals surface area contributed by atoms with Gasteiger partial charge in [0.25, 0.3) is 0 Å². The molecule has 2 aromatic carbocycles. The number of benzene rings is 2. The summed E-state index contributed by atoms with van der Waals surface area (Å²) >= 11 is 0. The fourth-order valence-electron chi connectivity index (χ4n) is 1.95. The zero-order valence-electron chi connectivity index (χ0n) is 9.78. The molecule has 1 nitrogen and oxygen atoms in total. The van der Waals surface area contributed by atoms with Crippen LogP contribution < -0.4 is 0 Å². The van der Waals surface area contributed by atoms with Crippen LogP contribution in [0.25, 0.3) is 11.1 Å². The van der Waals surface area contributed by atoms with Crippen LogP contribution in [0, 0.1) is 12.7 Å². The van der Waals surface area contributed by atoms with E-state index in [4.69, 9.17) is 5.11 Å². The van der Waals surface area contributed by atoms with Crippen LogP contribution in [0.4, 0.5) is 4.39 Å². The van der Waals surface area contributed by atoms with Gasteiger partial charge < -0.3 is 5.11 Å². The standard InChI is InChI=1S/C15H15FO/c1-11-4-2-3-5-14(11)12-6-7-15(16)13(10-12)8-9-17/h2-7,10,17H,8-9H2,1H3. The van der Waals surface area contributed by atoms with Crippen molar-refractivity contribution in [3.63, 3.8) is 0 Å². The van der Waals surface area contributed by atoms with Crippen LogP contribution in [-0.2, 0) is 6.42 Å². The highest BCUT2D eigenvalue weighted by atomic mass is 19.1. The van der Waals surface area contributed by atoms with Gasteiger partial charge in [-0.15, -0.1) is 0 Å². The third-order valence-electron chi connectivity index (χ3n) is 2.88. The van der Waals surface area contributed by atoms with Crippen LogP contribution in [0.1, 0.15) is 11.1 Å². The summed E-state index contributed by atoms with van der Waals surface area (Å²) in [6.45, 7) is 2.00. The Bertz CT molecular complexity index is 520. The number of hydrogen-bond acceptors (Lipinski definition) is 1. The lowest BCUT2D eigenvalue weighted by molar-refractivity contribution is 0.297. The van der Waals surface area contributed by atoms with Crippen molar-refractivity contribution < 1.29 is 9.50 Å². The summed E-state index contributed by atoms with van der Waals surface area (Å²) in [5.74, 6) is -0.253. The Morgan fingerprint density at radius 1 is 1.12 bits per heavy atom. The number of aliphatic hydroxyl groups is 1. The molecule has 17 heavy (non-hydrogen) atoms. The second kappa shape index (κ2) is 5.11. The molecule has 0 heterocycles. The van der Waals surface area contributed by atoms with Crippen LogP contribution in [0.15, 0.2) is 42.5 Å². The van der Waals surface area contributed by atoms with Gasteiger partial charge in [0.2, 0.25) is 0 Å². The lowest BCUT2D eigenvalue weighted by Gasteiger charge is -2.08. The molecule has 2 rings (SSSR count). The van der Waals surface area contributed by atoms with E-state index in [-0.39, 0.29) is 12.4 Å². The molecule has 0 saturated heterocycles. The van der Waals surface area contributed by atoms with Crippen molar-refractivity contribution in [2.45, 2.75) is 13.3 Å². The first-order valence-corrected chi connectivity index (χ1v) is 5.67. The first-order chi connectivity index (χ1) is 8.22. The van der Waals surface area contributed by atoms with Crippen molar-refractivity contribution in [3.05, 3.63) is 59.4 Å². The smallest absolute Gasteiger partial charge is 0.126 e. The molecular weight excluding hydrogens is 215 g/mol. The SMILES string of the molecule is Cc1ccccc1-c1ccc(F)c(CCO)c1. The molecule has 0 saturated carbocycles. The Kier molecular flexibility index (Phi) is 3.55. The predicted octanol–water partition coefficient (Wildman–Crippen LogP) is 3.34. The maximum Gasteiger partial charge on any atom is 0.126 e. The topological polar surface area (TPSA) is 20.2 Å². The van der Waals surface area contributed by atoms with Gasteiger partial charge in [0.15, 0.2) is 0 Å². The molecule has 0 spiro atoms. The van der Waals surface area contributed by atoms with E-state index < -0.39 is 0 Å². The Hall–Kier alpha value is -1.67. The van der Waals surface area contributed by atoms with Crippen LogP contribution in [0.5, 0.6) is 0 Å². The average Bonchev–Trinajstić information content (AvgIpc) is 2.33. The molecular formula is C15H15FO. The Morgan fingerprint density at radius 2 is 1.88 bits per heavy atom. The van der Waals surface area contributed by atoms with E-state index in [1.165, 1.54) is 6.07 Å². The van der Waals surface area contributed by atoms with Crippen molar-refractivity contribution in [2.24, 2.45) is 0 Å². The fraction of sp³-hybridized carbons (Fsp3) is 0.200. The lowest BCUT2D eigenvalue weighted by Crippen LogP contribution is -1.95. The van der Waals surface area contributed by atoms with Crippen molar-refractivity contribution >= 4 is 0 Å². The molecule has 0 atom stereocenters. The molecule has 0 aliphatic heterocycles. The third-order valence-corrected chi connectivity index (χ3v) is 2.88. The molecule has 0 aliphatic carbocycles. The summed E-state index contributed by atoms with van der Waals surface area (Å²) in [7, 11) is 0. The number of aryl methyl sites for hydroxylation is 1. The van der Waals surface area contributed by atoms with Crippen LogP contribution in [-0.4, -0.2) is 11.7 Å². The van der Waals surface area contributed by atoms with E-state index in [9.17, 15) is 4.39 Å². The van der Waals surface area contributed by atoms with E-state index in [1.807, 2.05) is 37.3 Å². The number of hydrogen-bond donors (Lipinski definition) is 1. The Labute approximate surface area is 101 Å². The lowest BCUT2D eigenvalue weighted by atomic mass is 9.98. The van der Waals surface area contributed by atoms with Gasteiger partial charge in [-0.05, 0) is 47.7 Å². The molecule has 0 radical (unpaired) electrons. The highest BCUT2D eigenvalue weighted by Gasteiger charge is 2.06. The van der Waals surface area contributed by atoms with E-state index in [0.29, 0.717) is 12.0 Å². The molecule has 0 fully saturated rings. The summed E-state index contributed by atoms with van der Waals surface area (Å²) in [4.78, 5) is 0. The molecule has 0 aromatic heterocycles. The fourth-order valence-corrected chi connectivity index (χ4v) is 1.95. The van der Waals surface area contributed by atoms with Crippen LogP contribution in [0.2, 0.25) is 0 Å². The van der Waals surface area contributed by atoms with Gasteiger partial charge in [-0.3, -0.25) is 0 Å². The predicted molar refractivity (Wildman–Crippen MR) is 67.4 cm³/mol. The zero-order chi connectivity index (χ0) is 12.3. The summed E-state index contributed by atoms with van der Waals surface area (Å²) < 4.78 is 13.5. The number of halogens is 1. The minimum atomic E-state index is -0.253. The van der Waals surface area contributed by atoms with Crippen LogP contribution >= 0.6 is 0 Å². The van der Waals surface area contributed by atoms with E-state index in [1.54, 1.807) is 6.07 Å². The molecule has 2 aromatic rings. The van der Waals surface area contributed by atoms with Gasteiger partial charge in [-0.1, -0.05) is 30.3 Å². The van der Waals surface area contributed by atoms with Gasteiger partial charge in [0, 0.05) is 6.61 Å². The zero-order valence-corrected chi connectivity index (χ0v) is 9.78. The average molecular weight is 230 g/mol. The minimum absolute atomic E-state index is 0.0336. The number of aliphatic hydroxyl groups excluding tert-OH is 1. The first-order valence-electron chi connectivity index (χ1n) is 5.67. The van der Waals surface area contributed by atoms with E-state index >= 15 is 0 Å². The van der Waals surface area contributed by atoms with Gasteiger partial charge in [-0.25, -0.2) is 4.39 Å². The van der Waals surface area contributed by atoms with Crippen molar-refractivity contribution in [1.82, 2.24) is 0 Å². The maximum absolute atomic E-state index is 13.5. The summed E-state index contributed by atoms with van der Waals surface area (Å²) in [6.07, 6.45) is 0.353. The molecule has 88 valence electrons. The molecule has 0 aliphatic rings. The largest absolute Gasteiger partial charge is 0.396 e. The summed E-state index contributed by atoms with van der Waals surface area (Å²) in [6, 6.07) is 13.1. The van der Waals surface area contributed by atoms with Gasteiger partial charge >= 0.3 is 0 Å². The monoisotopic (exact) mass is 230 g/mol. The highest BCUT2D eigenvalue weighted by Crippen LogP contribution is 2.25. The molecule has 0 amide bonds. The second-order valence-corrected chi connectivity index (χ2v) is 4.09. The molecule has 1 N–H and O–H groups in total.